The number of hydrogen-bond acceptors (Lipinski definition) is 3. The molecule has 104 valence electrons. The summed E-state index contributed by atoms with van der Waals surface area (Å²) in [5.41, 5.74) is -0.472. The van der Waals surface area contributed by atoms with E-state index in [0.29, 0.717) is 10.2 Å². The average molecular weight is 332 g/mol. The van der Waals surface area contributed by atoms with Crippen LogP contribution in [-0.2, 0) is 4.79 Å². The minimum Gasteiger partial charge on any atom is -0.483 e. The highest BCUT2D eigenvalue weighted by molar-refractivity contribution is 9.10. The van der Waals surface area contributed by atoms with Gasteiger partial charge in [0.25, 0.3) is 5.91 Å². The summed E-state index contributed by atoms with van der Waals surface area (Å²) in [6, 6.07) is 3.99. The van der Waals surface area contributed by atoms with Crippen LogP contribution in [0, 0.1) is 5.82 Å². The molecule has 0 aliphatic heterocycles. The van der Waals surface area contributed by atoms with Crippen LogP contribution >= 0.6 is 15.9 Å². The van der Waals surface area contributed by atoms with E-state index in [-0.39, 0.29) is 24.9 Å². The topological polar surface area (TPSA) is 58.6 Å². The van der Waals surface area contributed by atoms with Crippen molar-refractivity contribution < 1.29 is 19.0 Å². The first-order valence-corrected chi connectivity index (χ1v) is 6.84. The van der Waals surface area contributed by atoms with E-state index in [1.807, 2.05) is 0 Å². The molecule has 0 bridgehead atoms. The number of carbonyl (C=O) groups is 1. The van der Waals surface area contributed by atoms with Crippen molar-refractivity contribution in [2.75, 3.05) is 13.2 Å². The second-order valence-corrected chi connectivity index (χ2v) is 5.56. The first-order valence-electron chi connectivity index (χ1n) is 6.04. The van der Waals surface area contributed by atoms with Crippen molar-refractivity contribution in [3.8, 4) is 5.75 Å². The zero-order valence-electron chi connectivity index (χ0n) is 10.3. The Morgan fingerprint density at radius 3 is 2.79 bits per heavy atom. The molecule has 2 N–H and O–H groups in total. The van der Waals surface area contributed by atoms with E-state index in [1.54, 1.807) is 0 Å². The lowest BCUT2D eigenvalue weighted by Crippen LogP contribution is -2.57. The number of carbonyl (C=O) groups excluding carboxylic acids is 1. The van der Waals surface area contributed by atoms with Gasteiger partial charge >= 0.3 is 0 Å². The van der Waals surface area contributed by atoms with Gasteiger partial charge in [0.1, 0.15) is 11.6 Å². The molecule has 1 aromatic carbocycles. The minimum atomic E-state index is -0.472. The largest absolute Gasteiger partial charge is 0.483 e. The standard InChI is InChI=1S/C13H15BrFNO3/c14-10-6-9(15)2-3-11(10)19-7-12(18)16-13(8-17)4-1-5-13/h2-3,6,17H,1,4-5,7-8H2,(H,16,18). The third kappa shape index (κ3) is 3.45. The van der Waals surface area contributed by atoms with E-state index in [4.69, 9.17) is 4.74 Å². The number of nitrogens with one attached hydrogen (secondary N) is 1. The van der Waals surface area contributed by atoms with E-state index < -0.39 is 5.54 Å². The molecule has 4 nitrogen and oxygen atoms in total. The normalized spacial score (nSPS) is 16.6. The number of benzene rings is 1. The van der Waals surface area contributed by atoms with Gasteiger partial charge in [-0.1, -0.05) is 0 Å². The van der Waals surface area contributed by atoms with Gasteiger partial charge in [-0.2, -0.15) is 0 Å². The van der Waals surface area contributed by atoms with E-state index >= 15 is 0 Å². The summed E-state index contributed by atoms with van der Waals surface area (Å²) in [5.74, 6) is -0.259. The molecule has 0 heterocycles. The summed E-state index contributed by atoms with van der Waals surface area (Å²) >= 11 is 3.16. The Morgan fingerprint density at radius 1 is 1.53 bits per heavy atom. The van der Waals surface area contributed by atoms with Crippen LogP contribution in [0.3, 0.4) is 0 Å². The third-order valence-electron chi connectivity index (χ3n) is 3.27. The molecule has 0 spiro atoms. The average Bonchev–Trinajstić information content (AvgIpc) is 2.33. The molecule has 0 aromatic heterocycles. The van der Waals surface area contributed by atoms with E-state index in [2.05, 4.69) is 21.2 Å². The zero-order valence-corrected chi connectivity index (χ0v) is 11.9. The van der Waals surface area contributed by atoms with E-state index in [0.717, 1.165) is 19.3 Å². The Hall–Kier alpha value is -1.14. The summed E-state index contributed by atoms with van der Waals surface area (Å²) in [7, 11) is 0. The van der Waals surface area contributed by atoms with Crippen LogP contribution in [0.15, 0.2) is 22.7 Å². The van der Waals surface area contributed by atoms with Crippen LogP contribution in [0.4, 0.5) is 4.39 Å². The van der Waals surface area contributed by atoms with Gasteiger partial charge in [-0.05, 0) is 53.4 Å². The molecule has 1 aliphatic carbocycles. The van der Waals surface area contributed by atoms with Crippen LogP contribution < -0.4 is 10.1 Å². The van der Waals surface area contributed by atoms with Gasteiger partial charge in [0.2, 0.25) is 0 Å². The van der Waals surface area contributed by atoms with Gasteiger partial charge in [0.05, 0.1) is 16.6 Å². The molecular weight excluding hydrogens is 317 g/mol. The molecule has 1 fully saturated rings. The van der Waals surface area contributed by atoms with Gasteiger partial charge in [0, 0.05) is 0 Å². The Bertz CT molecular complexity index is 471. The first kappa shape index (κ1) is 14.3. The van der Waals surface area contributed by atoms with Crippen LogP contribution in [0.25, 0.3) is 0 Å². The molecule has 6 heteroatoms. The molecule has 1 aromatic rings. The Balaban J connectivity index is 1.86. The van der Waals surface area contributed by atoms with E-state index in [9.17, 15) is 14.3 Å². The lowest BCUT2D eigenvalue weighted by molar-refractivity contribution is -0.127. The minimum absolute atomic E-state index is 0.0566. The third-order valence-corrected chi connectivity index (χ3v) is 3.89. The van der Waals surface area contributed by atoms with Crippen molar-refractivity contribution in [1.29, 1.82) is 0 Å². The molecule has 1 aliphatic rings. The summed E-state index contributed by atoms with van der Waals surface area (Å²) in [6.45, 7) is -0.217. The molecule has 0 atom stereocenters. The van der Waals surface area contributed by atoms with Crippen molar-refractivity contribution in [3.63, 3.8) is 0 Å². The Labute approximate surface area is 119 Å². The molecule has 0 saturated heterocycles. The van der Waals surface area contributed by atoms with Crippen LogP contribution in [0.2, 0.25) is 0 Å². The molecule has 0 radical (unpaired) electrons. The zero-order chi connectivity index (χ0) is 13.9. The lowest BCUT2D eigenvalue weighted by atomic mass is 9.77. The fourth-order valence-electron chi connectivity index (χ4n) is 1.99. The summed E-state index contributed by atoms with van der Waals surface area (Å²) in [5, 5.41) is 12.0. The number of halogens is 2. The molecular formula is C13H15BrFNO3. The number of ether oxygens (including phenoxy) is 1. The highest BCUT2D eigenvalue weighted by Gasteiger charge is 2.37. The number of aliphatic hydroxyl groups is 1. The van der Waals surface area contributed by atoms with Gasteiger partial charge in [-0.25, -0.2) is 4.39 Å². The van der Waals surface area contributed by atoms with Crippen LogP contribution in [0.1, 0.15) is 19.3 Å². The fourth-order valence-corrected chi connectivity index (χ4v) is 2.46. The van der Waals surface area contributed by atoms with E-state index in [1.165, 1.54) is 18.2 Å². The summed E-state index contributed by atoms with van der Waals surface area (Å²) in [4.78, 5) is 11.7. The Morgan fingerprint density at radius 2 is 2.26 bits per heavy atom. The maximum Gasteiger partial charge on any atom is 0.258 e. The summed E-state index contributed by atoms with van der Waals surface area (Å²) < 4.78 is 18.6. The first-order chi connectivity index (χ1) is 9.04. The van der Waals surface area contributed by atoms with Crippen molar-refractivity contribution in [1.82, 2.24) is 5.32 Å². The molecule has 1 saturated carbocycles. The summed E-state index contributed by atoms with van der Waals surface area (Å²) in [6.07, 6.45) is 2.58. The SMILES string of the molecule is O=C(COc1ccc(F)cc1Br)NC1(CO)CCC1. The fraction of sp³-hybridized carbons (Fsp3) is 0.462. The second-order valence-electron chi connectivity index (χ2n) is 4.70. The predicted octanol–water partition coefficient (Wildman–Crippen LogP) is 2.00. The monoisotopic (exact) mass is 331 g/mol. The number of amides is 1. The van der Waals surface area contributed by atoms with Crippen molar-refractivity contribution >= 4 is 21.8 Å². The maximum atomic E-state index is 12.9. The van der Waals surface area contributed by atoms with Gasteiger partial charge in [-0.15, -0.1) is 0 Å². The smallest absolute Gasteiger partial charge is 0.258 e. The van der Waals surface area contributed by atoms with Gasteiger partial charge in [-0.3, -0.25) is 4.79 Å². The molecule has 0 unspecified atom stereocenters. The van der Waals surface area contributed by atoms with Gasteiger partial charge < -0.3 is 15.2 Å². The van der Waals surface area contributed by atoms with Crippen molar-refractivity contribution in [2.24, 2.45) is 0 Å². The predicted molar refractivity (Wildman–Crippen MR) is 71.4 cm³/mol. The highest BCUT2D eigenvalue weighted by atomic mass is 79.9. The molecule has 2 rings (SSSR count). The number of rotatable bonds is 5. The van der Waals surface area contributed by atoms with Crippen molar-refractivity contribution in [2.45, 2.75) is 24.8 Å². The van der Waals surface area contributed by atoms with Crippen molar-refractivity contribution in [3.05, 3.63) is 28.5 Å². The van der Waals surface area contributed by atoms with Crippen LogP contribution in [-0.4, -0.2) is 29.8 Å². The number of aliphatic hydroxyl groups excluding tert-OH is 1. The maximum absolute atomic E-state index is 12.9. The second kappa shape index (κ2) is 5.88. The molecule has 1 amide bonds. The quantitative estimate of drug-likeness (QED) is 0.867. The highest BCUT2D eigenvalue weighted by Crippen LogP contribution is 2.31. The van der Waals surface area contributed by atoms with Gasteiger partial charge in [0.15, 0.2) is 6.61 Å². The van der Waals surface area contributed by atoms with Crippen LogP contribution in [0.5, 0.6) is 5.75 Å². The Kier molecular flexibility index (Phi) is 4.42. The lowest BCUT2D eigenvalue weighted by Gasteiger charge is -2.40. The molecule has 19 heavy (non-hydrogen) atoms. The number of hydrogen-bond donors (Lipinski definition) is 2.